The molecule has 0 aliphatic carbocycles. The Morgan fingerprint density at radius 3 is 2.72 bits per heavy atom. The maximum atomic E-state index is 5.59. The quantitative estimate of drug-likeness (QED) is 0.911. The van der Waals surface area contributed by atoms with Crippen molar-refractivity contribution in [2.75, 3.05) is 37.7 Å². The molecular weight excluding hydrogens is 312 g/mol. The third kappa shape index (κ3) is 3.39. The van der Waals surface area contributed by atoms with Crippen LogP contribution >= 0.6 is 0 Å². The lowest BCUT2D eigenvalue weighted by atomic mass is 10.0. The van der Waals surface area contributed by atoms with Gasteiger partial charge in [-0.15, -0.1) is 0 Å². The fourth-order valence-corrected chi connectivity index (χ4v) is 3.63. The predicted octanol–water partition coefficient (Wildman–Crippen LogP) is 2.37. The number of hydrogen-bond acceptors (Lipinski definition) is 5. The number of rotatable bonds is 2. The van der Waals surface area contributed by atoms with E-state index in [2.05, 4.69) is 48.3 Å². The number of benzene rings is 1. The number of aromatic nitrogens is 2. The van der Waals surface area contributed by atoms with Gasteiger partial charge in [0.15, 0.2) is 0 Å². The molecule has 132 valence electrons. The molecule has 1 N–H and O–H groups in total. The number of nitrogens with one attached hydrogen (secondary N) is 1. The Morgan fingerprint density at radius 1 is 1.12 bits per heavy atom. The highest BCUT2D eigenvalue weighted by Gasteiger charge is 2.25. The maximum absolute atomic E-state index is 5.59. The van der Waals surface area contributed by atoms with Crippen LogP contribution in [0.5, 0.6) is 0 Å². The van der Waals surface area contributed by atoms with E-state index in [0.717, 1.165) is 57.3 Å². The van der Waals surface area contributed by atoms with Crippen molar-refractivity contribution in [3.8, 4) is 11.3 Å². The summed E-state index contributed by atoms with van der Waals surface area (Å²) in [7, 11) is 0. The SMILES string of the molecule is Cc1ccc(-c2nc(N3CCOC[C@@H]3C)nc3c2CCNCC3)cc1. The van der Waals surface area contributed by atoms with E-state index in [-0.39, 0.29) is 0 Å². The molecule has 0 saturated carbocycles. The topological polar surface area (TPSA) is 50.3 Å². The molecule has 5 nitrogen and oxygen atoms in total. The van der Waals surface area contributed by atoms with Gasteiger partial charge < -0.3 is 15.0 Å². The summed E-state index contributed by atoms with van der Waals surface area (Å²) < 4.78 is 5.59. The molecule has 25 heavy (non-hydrogen) atoms. The first-order valence-corrected chi connectivity index (χ1v) is 9.24. The van der Waals surface area contributed by atoms with Crippen molar-refractivity contribution in [2.24, 2.45) is 0 Å². The molecule has 2 aliphatic rings. The van der Waals surface area contributed by atoms with E-state index in [1.807, 2.05) is 0 Å². The van der Waals surface area contributed by atoms with Gasteiger partial charge in [-0.1, -0.05) is 29.8 Å². The Hall–Kier alpha value is -1.98. The summed E-state index contributed by atoms with van der Waals surface area (Å²) in [6, 6.07) is 9.00. The first kappa shape index (κ1) is 16.5. The zero-order chi connectivity index (χ0) is 17.2. The highest BCUT2D eigenvalue weighted by molar-refractivity contribution is 5.66. The lowest BCUT2D eigenvalue weighted by Gasteiger charge is -2.34. The van der Waals surface area contributed by atoms with Crippen molar-refractivity contribution in [1.82, 2.24) is 15.3 Å². The van der Waals surface area contributed by atoms with Crippen LogP contribution in [0.3, 0.4) is 0 Å². The molecular formula is C20H26N4O. The molecule has 0 spiro atoms. The Kier molecular flexibility index (Phi) is 4.68. The van der Waals surface area contributed by atoms with Crippen LogP contribution < -0.4 is 10.2 Å². The number of aryl methyl sites for hydroxylation is 1. The summed E-state index contributed by atoms with van der Waals surface area (Å²) in [5.74, 6) is 0.854. The molecule has 5 heteroatoms. The molecule has 3 heterocycles. The second-order valence-corrected chi connectivity index (χ2v) is 7.03. The van der Waals surface area contributed by atoms with Crippen LogP contribution in [0.1, 0.15) is 23.7 Å². The van der Waals surface area contributed by atoms with Gasteiger partial charge in [0.1, 0.15) is 0 Å². The van der Waals surface area contributed by atoms with Crippen molar-refractivity contribution in [2.45, 2.75) is 32.7 Å². The van der Waals surface area contributed by atoms with Crippen molar-refractivity contribution in [1.29, 1.82) is 0 Å². The summed E-state index contributed by atoms with van der Waals surface area (Å²) >= 11 is 0. The second-order valence-electron chi connectivity index (χ2n) is 7.03. The standard InChI is InChI=1S/C20H26N4O/c1-14-3-5-16(6-4-14)19-17-7-9-21-10-8-18(17)22-20(23-19)24-11-12-25-13-15(24)2/h3-6,15,21H,7-13H2,1-2H3/t15-/m0/s1. The zero-order valence-electron chi connectivity index (χ0n) is 15.1. The van der Waals surface area contributed by atoms with Gasteiger partial charge in [0.25, 0.3) is 0 Å². The summed E-state index contributed by atoms with van der Waals surface area (Å²) in [6.07, 6.45) is 1.94. The van der Waals surface area contributed by atoms with E-state index >= 15 is 0 Å². The molecule has 1 fully saturated rings. The van der Waals surface area contributed by atoms with E-state index in [9.17, 15) is 0 Å². The minimum atomic E-state index is 0.307. The Morgan fingerprint density at radius 2 is 1.92 bits per heavy atom. The van der Waals surface area contributed by atoms with Crippen LogP contribution in [-0.2, 0) is 17.6 Å². The average molecular weight is 338 g/mol. The van der Waals surface area contributed by atoms with Crippen LogP contribution in [0.4, 0.5) is 5.95 Å². The number of anilines is 1. The Bertz CT molecular complexity index is 744. The van der Waals surface area contributed by atoms with Gasteiger partial charge in [-0.3, -0.25) is 0 Å². The monoisotopic (exact) mass is 338 g/mol. The number of ether oxygens (including phenoxy) is 1. The van der Waals surface area contributed by atoms with Gasteiger partial charge in [0, 0.05) is 30.6 Å². The normalized spacial score (nSPS) is 20.9. The smallest absolute Gasteiger partial charge is 0.226 e. The van der Waals surface area contributed by atoms with Crippen molar-refractivity contribution >= 4 is 5.95 Å². The van der Waals surface area contributed by atoms with Gasteiger partial charge >= 0.3 is 0 Å². The van der Waals surface area contributed by atoms with E-state index in [1.165, 1.54) is 22.4 Å². The van der Waals surface area contributed by atoms with Crippen molar-refractivity contribution < 1.29 is 4.74 Å². The number of morpholine rings is 1. The first-order chi connectivity index (χ1) is 12.2. The third-order valence-electron chi connectivity index (χ3n) is 5.12. The lowest BCUT2D eigenvalue weighted by Crippen LogP contribution is -2.44. The summed E-state index contributed by atoms with van der Waals surface area (Å²) in [6.45, 7) is 8.61. The molecule has 2 aliphatic heterocycles. The van der Waals surface area contributed by atoms with E-state index in [1.54, 1.807) is 0 Å². The predicted molar refractivity (Wildman–Crippen MR) is 100 cm³/mol. The van der Waals surface area contributed by atoms with Crippen molar-refractivity contribution in [3.05, 3.63) is 41.1 Å². The fraction of sp³-hybridized carbons (Fsp3) is 0.500. The number of fused-ring (bicyclic) bond motifs is 1. The third-order valence-corrected chi connectivity index (χ3v) is 5.12. The van der Waals surface area contributed by atoms with E-state index < -0.39 is 0 Å². The summed E-state index contributed by atoms with van der Waals surface area (Å²) in [5, 5.41) is 3.49. The molecule has 0 radical (unpaired) electrons. The van der Waals surface area contributed by atoms with Crippen LogP contribution in [0.15, 0.2) is 24.3 Å². The zero-order valence-corrected chi connectivity index (χ0v) is 15.1. The van der Waals surface area contributed by atoms with Gasteiger partial charge in [0.2, 0.25) is 5.95 Å². The molecule has 1 saturated heterocycles. The maximum Gasteiger partial charge on any atom is 0.226 e. The van der Waals surface area contributed by atoms with Gasteiger partial charge in [-0.25, -0.2) is 9.97 Å². The first-order valence-electron chi connectivity index (χ1n) is 9.24. The van der Waals surface area contributed by atoms with Crippen LogP contribution in [0, 0.1) is 6.92 Å². The largest absolute Gasteiger partial charge is 0.377 e. The van der Waals surface area contributed by atoms with Crippen LogP contribution in [0.2, 0.25) is 0 Å². The highest BCUT2D eigenvalue weighted by atomic mass is 16.5. The second kappa shape index (κ2) is 7.10. The Labute approximate surface area is 149 Å². The molecule has 1 aromatic heterocycles. The fourth-order valence-electron chi connectivity index (χ4n) is 3.63. The minimum absolute atomic E-state index is 0.307. The van der Waals surface area contributed by atoms with Crippen LogP contribution in [-0.4, -0.2) is 48.9 Å². The molecule has 4 rings (SSSR count). The van der Waals surface area contributed by atoms with Crippen LogP contribution in [0.25, 0.3) is 11.3 Å². The molecule has 0 amide bonds. The highest BCUT2D eigenvalue weighted by Crippen LogP contribution is 2.29. The Balaban J connectivity index is 1.82. The molecule has 1 aromatic carbocycles. The summed E-state index contributed by atoms with van der Waals surface area (Å²) in [5.41, 5.74) is 6.06. The number of hydrogen-bond donors (Lipinski definition) is 1. The molecule has 2 aromatic rings. The summed E-state index contributed by atoms with van der Waals surface area (Å²) in [4.78, 5) is 12.3. The number of nitrogens with zero attached hydrogens (tertiary/aromatic N) is 3. The lowest BCUT2D eigenvalue weighted by molar-refractivity contribution is 0.0980. The molecule has 0 bridgehead atoms. The van der Waals surface area contributed by atoms with Gasteiger partial charge in [-0.2, -0.15) is 0 Å². The van der Waals surface area contributed by atoms with Gasteiger partial charge in [-0.05, 0) is 26.8 Å². The van der Waals surface area contributed by atoms with Crippen molar-refractivity contribution in [3.63, 3.8) is 0 Å². The minimum Gasteiger partial charge on any atom is -0.377 e. The molecule has 1 atom stereocenters. The van der Waals surface area contributed by atoms with E-state index in [0.29, 0.717) is 6.04 Å². The van der Waals surface area contributed by atoms with Gasteiger partial charge in [0.05, 0.1) is 30.6 Å². The molecule has 0 unspecified atom stereocenters. The van der Waals surface area contributed by atoms with E-state index in [4.69, 9.17) is 14.7 Å². The average Bonchev–Trinajstić information content (AvgIpc) is 2.87.